The first-order valence-corrected chi connectivity index (χ1v) is 11.6. The van der Waals surface area contributed by atoms with Crippen LogP contribution in [0.15, 0.2) is 36.5 Å². The number of nitrogens with one attached hydrogen (secondary N) is 2. The monoisotopic (exact) mass is 526 g/mol. The van der Waals surface area contributed by atoms with Crippen molar-refractivity contribution in [1.82, 2.24) is 20.1 Å². The van der Waals surface area contributed by atoms with Gasteiger partial charge < -0.3 is 20.1 Å². The van der Waals surface area contributed by atoms with Crippen LogP contribution in [0.4, 0.5) is 19.0 Å². The van der Waals surface area contributed by atoms with Crippen molar-refractivity contribution in [1.29, 1.82) is 5.26 Å². The zero-order valence-electron chi connectivity index (χ0n) is 20.1. The van der Waals surface area contributed by atoms with E-state index in [2.05, 4.69) is 20.7 Å². The highest BCUT2D eigenvalue weighted by molar-refractivity contribution is 6.05. The number of pyridine rings is 1. The van der Waals surface area contributed by atoms with Crippen molar-refractivity contribution in [2.75, 3.05) is 18.5 Å². The van der Waals surface area contributed by atoms with Crippen molar-refractivity contribution in [2.45, 2.75) is 37.9 Å². The molecule has 0 fully saturated rings. The number of rotatable bonds is 5. The van der Waals surface area contributed by atoms with Gasteiger partial charge in [-0.2, -0.15) is 28.2 Å². The lowest BCUT2D eigenvalue weighted by Crippen LogP contribution is -2.53. The van der Waals surface area contributed by atoms with Crippen molar-refractivity contribution in [2.24, 2.45) is 0 Å². The molecule has 0 unspecified atom stereocenters. The highest BCUT2D eigenvalue weighted by Crippen LogP contribution is 2.44. The van der Waals surface area contributed by atoms with Crippen LogP contribution in [-0.2, 0) is 16.8 Å². The molecule has 13 heteroatoms. The fourth-order valence-electron chi connectivity index (χ4n) is 4.61. The summed E-state index contributed by atoms with van der Waals surface area (Å²) in [4.78, 5) is 30.2. The molecule has 0 aliphatic carbocycles. The lowest BCUT2D eigenvalue weighted by atomic mass is 9.77. The van der Waals surface area contributed by atoms with Crippen LogP contribution < -0.4 is 20.1 Å². The third-order valence-electron chi connectivity index (χ3n) is 6.27. The van der Waals surface area contributed by atoms with Crippen LogP contribution >= 0.6 is 0 Å². The summed E-state index contributed by atoms with van der Waals surface area (Å²) < 4.78 is 49.7. The van der Waals surface area contributed by atoms with Gasteiger partial charge in [-0.3, -0.25) is 9.59 Å². The zero-order valence-corrected chi connectivity index (χ0v) is 20.1. The maximum atomic E-state index is 13.5. The first-order chi connectivity index (χ1) is 18.1. The molecular weight excluding hydrogens is 505 g/mol. The number of ether oxygens (including phenoxy) is 2. The smallest absolute Gasteiger partial charge is 0.422 e. The summed E-state index contributed by atoms with van der Waals surface area (Å²) in [6.07, 6.45) is -2.70. The molecule has 1 aromatic carbocycles. The minimum Gasteiger partial charge on any atom is -0.493 e. The van der Waals surface area contributed by atoms with E-state index < -0.39 is 36.6 Å². The van der Waals surface area contributed by atoms with E-state index in [0.29, 0.717) is 29.2 Å². The number of amides is 2. The van der Waals surface area contributed by atoms with Crippen molar-refractivity contribution in [3.05, 3.63) is 58.9 Å². The number of carbonyl (C=O) groups is 2. The molecule has 3 aromatic rings. The Bertz CT molecular complexity index is 1460. The topological polar surface area (TPSA) is 131 Å². The summed E-state index contributed by atoms with van der Waals surface area (Å²) in [6, 6.07) is 9.60. The fourth-order valence-corrected chi connectivity index (χ4v) is 4.61. The second-order valence-electron chi connectivity index (χ2n) is 9.03. The minimum absolute atomic E-state index is 0.0156. The number of nitriles is 1. The summed E-state index contributed by atoms with van der Waals surface area (Å²) in [6.45, 7) is 0.610. The molecule has 2 N–H and O–H groups in total. The Labute approximate surface area is 214 Å². The van der Waals surface area contributed by atoms with E-state index in [1.54, 1.807) is 30.5 Å². The van der Waals surface area contributed by atoms with Crippen molar-refractivity contribution >= 4 is 17.6 Å². The van der Waals surface area contributed by atoms with Gasteiger partial charge in [-0.1, -0.05) is 6.07 Å². The van der Waals surface area contributed by atoms with E-state index in [1.165, 1.54) is 16.8 Å². The number of benzene rings is 1. The number of halogens is 3. The standard InChI is InChI=1S/C25H21F3N6O4/c1-14-2-5-19(30-12-14)34-22(31-20(35)6-8-29)21-17(33-34)11-24(32-23(21)36)7-9-37-18-10-15(3-4-16(18)24)38-13-25(26,27)28/h2-5,10,12H,6-7,9,11,13H2,1H3,(H,31,35)(H,32,36)/t24-/m0/s1. The SMILES string of the molecule is Cc1ccc(-n2nc3c(c2NC(=O)CC#N)C(=O)N[C@@]2(CCOc4cc(OCC(F)(F)F)ccc42)C3)nc1. The number of aryl methyl sites for hydroxylation is 1. The minimum atomic E-state index is -4.49. The van der Waals surface area contributed by atoms with E-state index in [9.17, 15) is 22.8 Å². The number of anilines is 1. The maximum absolute atomic E-state index is 13.5. The summed E-state index contributed by atoms with van der Waals surface area (Å²) >= 11 is 0. The Morgan fingerprint density at radius 2 is 2.16 bits per heavy atom. The molecule has 2 aliphatic heterocycles. The molecule has 4 heterocycles. The second-order valence-corrected chi connectivity index (χ2v) is 9.03. The lowest BCUT2D eigenvalue weighted by Gasteiger charge is -2.41. The Morgan fingerprint density at radius 3 is 2.87 bits per heavy atom. The maximum Gasteiger partial charge on any atom is 0.422 e. The second kappa shape index (κ2) is 9.37. The predicted octanol–water partition coefficient (Wildman–Crippen LogP) is 3.33. The van der Waals surface area contributed by atoms with Gasteiger partial charge in [-0.05, 0) is 30.7 Å². The predicted molar refractivity (Wildman–Crippen MR) is 126 cm³/mol. The third kappa shape index (κ3) is 4.72. The Balaban J connectivity index is 1.54. The van der Waals surface area contributed by atoms with E-state index in [-0.39, 0.29) is 30.2 Å². The molecule has 2 aliphatic rings. The molecule has 38 heavy (non-hydrogen) atoms. The summed E-state index contributed by atoms with van der Waals surface area (Å²) in [7, 11) is 0. The van der Waals surface area contributed by atoms with Gasteiger partial charge in [0, 0.05) is 30.7 Å². The molecule has 0 saturated heterocycles. The Hall–Kier alpha value is -4.60. The number of aromatic nitrogens is 3. The van der Waals surface area contributed by atoms with Crippen molar-refractivity contribution < 1.29 is 32.2 Å². The van der Waals surface area contributed by atoms with Crippen LogP contribution in [0, 0.1) is 18.3 Å². The van der Waals surface area contributed by atoms with E-state index >= 15 is 0 Å². The number of nitrogens with zero attached hydrogens (tertiary/aromatic N) is 4. The van der Waals surface area contributed by atoms with Gasteiger partial charge in [0.05, 0.1) is 23.9 Å². The molecule has 0 bridgehead atoms. The van der Waals surface area contributed by atoms with Crippen molar-refractivity contribution in [3.63, 3.8) is 0 Å². The molecule has 5 rings (SSSR count). The highest BCUT2D eigenvalue weighted by atomic mass is 19.4. The molecule has 2 aromatic heterocycles. The molecule has 2 amide bonds. The van der Waals surface area contributed by atoms with Gasteiger partial charge in [0.1, 0.15) is 23.5 Å². The number of alkyl halides is 3. The molecule has 0 saturated carbocycles. The molecule has 196 valence electrons. The lowest BCUT2D eigenvalue weighted by molar-refractivity contribution is -0.153. The van der Waals surface area contributed by atoms with E-state index in [1.807, 2.05) is 6.92 Å². The molecule has 0 radical (unpaired) electrons. The van der Waals surface area contributed by atoms with Gasteiger partial charge in [0.2, 0.25) is 5.91 Å². The van der Waals surface area contributed by atoms with Crippen LogP contribution in [0.2, 0.25) is 0 Å². The highest BCUT2D eigenvalue weighted by Gasteiger charge is 2.46. The van der Waals surface area contributed by atoms with Gasteiger partial charge >= 0.3 is 6.18 Å². The average molecular weight is 526 g/mol. The summed E-state index contributed by atoms with van der Waals surface area (Å²) in [5.41, 5.74) is 1.04. The number of fused-ring (bicyclic) bond motifs is 3. The van der Waals surface area contributed by atoms with E-state index in [4.69, 9.17) is 14.7 Å². The van der Waals surface area contributed by atoms with Crippen LogP contribution in [-0.4, -0.2) is 46.0 Å². The Kier molecular flexibility index (Phi) is 6.18. The van der Waals surface area contributed by atoms with Gasteiger partial charge in [0.15, 0.2) is 18.2 Å². The molecule has 1 spiro atoms. The van der Waals surface area contributed by atoms with Crippen molar-refractivity contribution in [3.8, 4) is 23.4 Å². The average Bonchev–Trinajstić information content (AvgIpc) is 3.21. The summed E-state index contributed by atoms with van der Waals surface area (Å²) in [5.74, 6) is -0.397. The quantitative estimate of drug-likeness (QED) is 0.521. The van der Waals surface area contributed by atoms with Crippen LogP contribution in [0.3, 0.4) is 0 Å². The molecule has 1 atom stereocenters. The molecular formula is C25H21F3N6O4. The fraction of sp³-hybridized carbons (Fsp3) is 0.320. The largest absolute Gasteiger partial charge is 0.493 e. The van der Waals surface area contributed by atoms with Crippen LogP contribution in [0.5, 0.6) is 11.5 Å². The number of hydrogen-bond acceptors (Lipinski definition) is 7. The van der Waals surface area contributed by atoms with Gasteiger partial charge in [0.25, 0.3) is 5.91 Å². The van der Waals surface area contributed by atoms with E-state index in [0.717, 1.165) is 5.56 Å². The van der Waals surface area contributed by atoms with Crippen LogP contribution in [0.1, 0.15) is 40.0 Å². The van der Waals surface area contributed by atoms with Gasteiger partial charge in [-0.25, -0.2) is 4.98 Å². The number of hydrogen-bond donors (Lipinski definition) is 2. The van der Waals surface area contributed by atoms with Gasteiger partial charge in [-0.15, -0.1) is 0 Å². The first kappa shape index (κ1) is 25.1. The zero-order chi connectivity index (χ0) is 27.1. The third-order valence-corrected chi connectivity index (χ3v) is 6.27. The summed E-state index contributed by atoms with van der Waals surface area (Å²) in [5, 5.41) is 19.2. The molecule has 10 nitrogen and oxygen atoms in total. The first-order valence-electron chi connectivity index (χ1n) is 11.6. The normalized spacial score (nSPS) is 18.0. The Morgan fingerprint density at radius 1 is 1.34 bits per heavy atom. The van der Waals surface area contributed by atoms with Crippen LogP contribution in [0.25, 0.3) is 5.82 Å². The number of carbonyl (C=O) groups excluding carboxylic acids is 2.